The lowest BCUT2D eigenvalue weighted by Gasteiger charge is -2.16. The minimum absolute atomic E-state index is 0.102. The fraction of sp³-hybridized carbons (Fsp3) is 0.235. The predicted molar refractivity (Wildman–Crippen MR) is 90.6 cm³/mol. The number of carbonyl (C=O) groups is 1. The number of carbonyl (C=O) groups excluding carboxylic acids is 1. The Balaban J connectivity index is 2.22. The Bertz CT molecular complexity index is 919. The number of nitrogens with zero attached hydrogens (tertiary/aromatic N) is 1. The molecule has 140 valence electrons. The Labute approximate surface area is 150 Å². The minimum Gasteiger partial charge on any atom is -0.346 e. The van der Waals surface area contributed by atoms with Crippen LogP contribution in [-0.2, 0) is 14.9 Å². The Hall–Kier alpha value is -2.36. The average Bonchev–Trinajstić information content (AvgIpc) is 2.63. The zero-order valence-corrected chi connectivity index (χ0v) is 15.2. The molecule has 2 aromatic rings. The lowest BCUT2D eigenvalue weighted by Crippen LogP contribution is -2.28. The predicted octanol–water partition coefficient (Wildman–Crippen LogP) is 2.64. The summed E-state index contributed by atoms with van der Waals surface area (Å²) in [6.07, 6.45) is 0. The highest BCUT2D eigenvalue weighted by atomic mass is 32.2. The first kappa shape index (κ1) is 20.0. The van der Waals surface area contributed by atoms with Crippen LogP contribution in [0.1, 0.15) is 28.9 Å². The van der Waals surface area contributed by atoms with E-state index in [0.717, 1.165) is 12.1 Å². The first-order valence-corrected chi connectivity index (χ1v) is 8.99. The molecule has 0 saturated heterocycles. The molecule has 0 bridgehead atoms. The molecular weight excluding hydrogens is 366 g/mol. The summed E-state index contributed by atoms with van der Waals surface area (Å²) >= 11 is 0. The van der Waals surface area contributed by atoms with Crippen LogP contribution in [0, 0.1) is 11.6 Å². The molecule has 0 spiro atoms. The number of benzene rings is 2. The van der Waals surface area contributed by atoms with E-state index in [2.05, 4.69) is 5.32 Å². The van der Waals surface area contributed by atoms with Gasteiger partial charge in [0.1, 0.15) is 0 Å². The molecule has 0 heterocycles. The van der Waals surface area contributed by atoms with Crippen LogP contribution in [0.4, 0.5) is 8.78 Å². The molecule has 1 N–H and O–H groups in total. The van der Waals surface area contributed by atoms with Crippen LogP contribution >= 0.6 is 0 Å². The minimum atomic E-state index is -3.90. The van der Waals surface area contributed by atoms with Crippen molar-refractivity contribution < 1.29 is 26.8 Å². The highest BCUT2D eigenvalue weighted by Gasteiger charge is 2.22. The maximum absolute atomic E-state index is 13.3. The SMILES string of the molecule is CON(C)S(=O)(=O)c1cccc(C(=O)NC(C)c2ccc(F)c(F)c2)c1. The summed E-state index contributed by atoms with van der Waals surface area (Å²) in [5.74, 6) is -2.55. The largest absolute Gasteiger partial charge is 0.346 e. The summed E-state index contributed by atoms with van der Waals surface area (Å²) in [7, 11) is -1.46. The zero-order valence-electron chi connectivity index (χ0n) is 14.4. The highest BCUT2D eigenvalue weighted by Crippen LogP contribution is 2.19. The molecule has 1 unspecified atom stereocenters. The summed E-state index contributed by atoms with van der Waals surface area (Å²) in [6, 6.07) is 8.12. The third-order valence-electron chi connectivity index (χ3n) is 3.78. The monoisotopic (exact) mass is 384 g/mol. The van der Waals surface area contributed by atoms with Crippen molar-refractivity contribution in [2.24, 2.45) is 0 Å². The number of sulfonamides is 1. The number of nitrogens with one attached hydrogen (secondary N) is 1. The van der Waals surface area contributed by atoms with Gasteiger partial charge in [0.25, 0.3) is 15.9 Å². The molecular formula is C17H18F2N2O4S. The van der Waals surface area contributed by atoms with Crippen molar-refractivity contribution in [1.29, 1.82) is 0 Å². The smallest absolute Gasteiger partial charge is 0.264 e. The van der Waals surface area contributed by atoms with E-state index in [1.54, 1.807) is 6.92 Å². The van der Waals surface area contributed by atoms with Gasteiger partial charge in [-0.2, -0.15) is 0 Å². The van der Waals surface area contributed by atoms with E-state index in [0.29, 0.717) is 10.0 Å². The molecule has 0 aliphatic heterocycles. The van der Waals surface area contributed by atoms with E-state index in [9.17, 15) is 22.0 Å². The van der Waals surface area contributed by atoms with Crippen LogP contribution < -0.4 is 5.32 Å². The van der Waals surface area contributed by atoms with Gasteiger partial charge in [0.2, 0.25) is 0 Å². The zero-order chi connectivity index (χ0) is 19.5. The van der Waals surface area contributed by atoms with Crippen molar-refractivity contribution in [2.75, 3.05) is 14.2 Å². The quantitative estimate of drug-likeness (QED) is 0.777. The molecule has 0 radical (unpaired) electrons. The molecule has 2 rings (SSSR count). The number of halogens is 2. The summed E-state index contributed by atoms with van der Waals surface area (Å²) in [6.45, 7) is 1.60. The molecule has 6 nitrogen and oxygen atoms in total. The van der Waals surface area contributed by atoms with Crippen molar-refractivity contribution in [3.63, 3.8) is 0 Å². The van der Waals surface area contributed by atoms with Gasteiger partial charge < -0.3 is 5.32 Å². The van der Waals surface area contributed by atoms with Crippen molar-refractivity contribution in [1.82, 2.24) is 9.79 Å². The summed E-state index contributed by atoms with van der Waals surface area (Å²) in [5.41, 5.74) is 0.477. The van der Waals surface area contributed by atoms with Gasteiger partial charge in [-0.05, 0) is 42.8 Å². The van der Waals surface area contributed by atoms with Gasteiger partial charge in [-0.3, -0.25) is 9.63 Å². The van der Waals surface area contributed by atoms with Crippen LogP contribution in [0.2, 0.25) is 0 Å². The average molecular weight is 384 g/mol. The van der Waals surface area contributed by atoms with Gasteiger partial charge in [-0.15, -0.1) is 0 Å². The van der Waals surface area contributed by atoms with Crippen LogP contribution in [0.25, 0.3) is 0 Å². The van der Waals surface area contributed by atoms with E-state index in [-0.39, 0.29) is 10.5 Å². The van der Waals surface area contributed by atoms with Crippen molar-refractivity contribution in [3.8, 4) is 0 Å². The number of amides is 1. The van der Waals surface area contributed by atoms with Gasteiger partial charge in [0.15, 0.2) is 11.6 Å². The van der Waals surface area contributed by atoms with Crippen LogP contribution in [0.5, 0.6) is 0 Å². The second-order valence-corrected chi connectivity index (χ2v) is 7.43. The maximum Gasteiger partial charge on any atom is 0.264 e. The second kappa shape index (κ2) is 7.90. The number of rotatable bonds is 6. The summed E-state index contributed by atoms with van der Waals surface area (Å²) < 4.78 is 51.5. The first-order chi connectivity index (χ1) is 12.2. The van der Waals surface area contributed by atoms with Gasteiger partial charge >= 0.3 is 0 Å². The van der Waals surface area contributed by atoms with E-state index >= 15 is 0 Å². The second-order valence-electron chi connectivity index (χ2n) is 5.49. The van der Waals surface area contributed by atoms with E-state index < -0.39 is 33.6 Å². The lowest BCUT2D eigenvalue weighted by molar-refractivity contribution is -0.0258. The topological polar surface area (TPSA) is 75.7 Å². The molecule has 1 atom stereocenters. The van der Waals surface area contributed by atoms with Gasteiger partial charge in [0, 0.05) is 12.6 Å². The Morgan fingerprint density at radius 2 is 1.85 bits per heavy atom. The van der Waals surface area contributed by atoms with Gasteiger partial charge in [0.05, 0.1) is 18.0 Å². The molecule has 9 heteroatoms. The first-order valence-electron chi connectivity index (χ1n) is 7.55. The van der Waals surface area contributed by atoms with E-state index in [1.165, 1.54) is 44.5 Å². The fourth-order valence-corrected chi connectivity index (χ4v) is 3.21. The number of hydrogen-bond donors (Lipinski definition) is 1. The maximum atomic E-state index is 13.3. The molecule has 2 aromatic carbocycles. The highest BCUT2D eigenvalue weighted by molar-refractivity contribution is 7.89. The van der Waals surface area contributed by atoms with Crippen molar-refractivity contribution in [2.45, 2.75) is 17.9 Å². The number of hydroxylamine groups is 1. The Morgan fingerprint density at radius 1 is 1.15 bits per heavy atom. The van der Waals surface area contributed by atoms with Crippen LogP contribution in [0.3, 0.4) is 0 Å². The van der Waals surface area contributed by atoms with Crippen LogP contribution in [0.15, 0.2) is 47.4 Å². The standard InChI is InChI=1S/C17H18F2N2O4S/c1-11(12-7-8-15(18)16(19)10-12)20-17(22)13-5-4-6-14(9-13)26(23,24)21(2)25-3/h4-11H,1-3H3,(H,20,22). The number of hydrogen-bond acceptors (Lipinski definition) is 4. The Morgan fingerprint density at radius 3 is 2.46 bits per heavy atom. The van der Waals surface area contributed by atoms with E-state index in [1.807, 2.05) is 0 Å². The molecule has 0 fully saturated rings. The van der Waals surface area contributed by atoms with Crippen LogP contribution in [-0.4, -0.2) is 33.0 Å². The fourth-order valence-electron chi connectivity index (χ4n) is 2.19. The summed E-state index contributed by atoms with van der Waals surface area (Å²) in [5, 5.41) is 2.61. The third-order valence-corrected chi connectivity index (χ3v) is 5.46. The third kappa shape index (κ3) is 4.24. The van der Waals surface area contributed by atoms with Gasteiger partial charge in [-0.1, -0.05) is 16.6 Å². The normalized spacial score (nSPS) is 12.8. The van der Waals surface area contributed by atoms with Crippen molar-refractivity contribution >= 4 is 15.9 Å². The summed E-state index contributed by atoms with van der Waals surface area (Å²) in [4.78, 5) is 17.0. The molecule has 1 amide bonds. The van der Waals surface area contributed by atoms with E-state index in [4.69, 9.17) is 4.84 Å². The molecule has 0 aliphatic rings. The molecule has 0 aliphatic carbocycles. The lowest BCUT2D eigenvalue weighted by atomic mass is 10.1. The molecule has 26 heavy (non-hydrogen) atoms. The van der Waals surface area contributed by atoms with Gasteiger partial charge in [-0.25, -0.2) is 17.2 Å². The van der Waals surface area contributed by atoms with Crippen molar-refractivity contribution in [3.05, 3.63) is 65.2 Å². The Kier molecular flexibility index (Phi) is 6.06. The molecule has 0 saturated carbocycles. The molecule has 0 aromatic heterocycles.